The summed E-state index contributed by atoms with van der Waals surface area (Å²) in [4.78, 5) is 41.4. The lowest BCUT2D eigenvalue weighted by atomic mass is 9.65. The Morgan fingerprint density at radius 3 is 2.89 bits per heavy atom. The molecule has 1 aliphatic heterocycles. The Labute approximate surface area is 223 Å². The van der Waals surface area contributed by atoms with Crippen LogP contribution in [0.4, 0.5) is 5.95 Å². The van der Waals surface area contributed by atoms with Gasteiger partial charge in [0.25, 0.3) is 5.91 Å². The van der Waals surface area contributed by atoms with Crippen LogP contribution in [-0.2, 0) is 4.79 Å². The SMILES string of the molecule is C=CC(=O)N1CC[C@]2(C1)C[C@H](n1c(NC(=O)c3ccc(-c4ccnc5[nH]ccc45)s3)nc3ccccc31)C2. The Balaban J connectivity index is 1.15. The highest BCUT2D eigenvalue weighted by molar-refractivity contribution is 7.17. The molecule has 2 fully saturated rings. The second kappa shape index (κ2) is 8.66. The number of carbonyl (C=O) groups excluding carboxylic acids is 2. The molecule has 0 bridgehead atoms. The Bertz CT molecular complexity index is 1720. The normalized spacial score (nSPS) is 20.7. The summed E-state index contributed by atoms with van der Waals surface area (Å²) in [6, 6.07) is 16.0. The fraction of sp³-hybridized carbons (Fsp3) is 0.241. The minimum atomic E-state index is -0.171. The van der Waals surface area contributed by atoms with Gasteiger partial charge >= 0.3 is 0 Å². The van der Waals surface area contributed by atoms with Crippen molar-refractivity contribution in [2.45, 2.75) is 25.3 Å². The number of pyridine rings is 1. The number of anilines is 1. The Morgan fingerprint density at radius 1 is 1.16 bits per heavy atom. The highest BCUT2D eigenvalue weighted by Gasteiger charge is 2.50. The van der Waals surface area contributed by atoms with Crippen molar-refractivity contribution in [2.75, 3.05) is 18.4 Å². The van der Waals surface area contributed by atoms with E-state index in [-0.39, 0.29) is 23.3 Å². The standard InChI is InChI=1S/C29H26N6O2S/c1-2-25(36)34-14-11-29(17-34)15-18(16-29)35-22-6-4-3-5-21(22)32-28(35)33-27(37)24-8-7-23(38-24)19-9-12-30-26-20(19)10-13-31-26/h2-10,12-13,18H,1,11,14-17H2,(H,30,31)(H,32,33,37)/t18-,29-. The van der Waals surface area contributed by atoms with Gasteiger partial charge in [-0.05, 0) is 67.2 Å². The van der Waals surface area contributed by atoms with Gasteiger partial charge in [-0.2, -0.15) is 0 Å². The van der Waals surface area contributed by atoms with Crippen LogP contribution in [0.3, 0.4) is 0 Å². The molecule has 0 radical (unpaired) electrons. The van der Waals surface area contributed by atoms with Crippen molar-refractivity contribution >= 4 is 51.2 Å². The molecule has 0 atom stereocenters. The van der Waals surface area contributed by atoms with E-state index < -0.39 is 0 Å². The maximum Gasteiger partial charge on any atom is 0.268 e. The first-order chi connectivity index (χ1) is 18.5. The van der Waals surface area contributed by atoms with Gasteiger partial charge in [-0.25, -0.2) is 9.97 Å². The lowest BCUT2D eigenvalue weighted by molar-refractivity contribution is -0.125. The average molecular weight is 523 g/mol. The number of para-hydroxylation sites is 2. The van der Waals surface area contributed by atoms with Gasteiger partial charge in [0.2, 0.25) is 11.9 Å². The molecule has 2 N–H and O–H groups in total. The van der Waals surface area contributed by atoms with Crippen LogP contribution in [-0.4, -0.2) is 49.3 Å². The summed E-state index contributed by atoms with van der Waals surface area (Å²) >= 11 is 1.46. The predicted molar refractivity (Wildman–Crippen MR) is 149 cm³/mol. The van der Waals surface area contributed by atoms with E-state index in [1.165, 1.54) is 17.4 Å². The van der Waals surface area contributed by atoms with E-state index in [9.17, 15) is 9.59 Å². The van der Waals surface area contributed by atoms with Gasteiger partial charge in [0.15, 0.2) is 0 Å². The molecule has 2 aliphatic rings. The van der Waals surface area contributed by atoms with Gasteiger partial charge < -0.3 is 14.5 Å². The number of nitrogens with zero attached hydrogens (tertiary/aromatic N) is 4. The number of H-pyrrole nitrogens is 1. The molecule has 2 amide bonds. The first-order valence-electron chi connectivity index (χ1n) is 12.8. The highest BCUT2D eigenvalue weighted by atomic mass is 32.1. The Kier molecular flexibility index (Phi) is 5.23. The smallest absolute Gasteiger partial charge is 0.268 e. The summed E-state index contributed by atoms with van der Waals surface area (Å²) in [5.41, 5.74) is 3.88. The molecule has 0 unspecified atom stereocenters. The van der Waals surface area contributed by atoms with Crippen molar-refractivity contribution in [2.24, 2.45) is 5.41 Å². The largest absolute Gasteiger partial charge is 0.346 e. The first kappa shape index (κ1) is 22.9. The van der Waals surface area contributed by atoms with Crippen LogP contribution >= 0.6 is 11.3 Å². The zero-order valence-electron chi connectivity index (χ0n) is 20.7. The number of aromatic amines is 1. The third kappa shape index (κ3) is 3.65. The third-order valence-electron chi connectivity index (χ3n) is 8.00. The number of fused-ring (bicyclic) bond motifs is 2. The Morgan fingerprint density at radius 2 is 2.03 bits per heavy atom. The fourth-order valence-electron chi connectivity index (χ4n) is 6.15. The molecule has 7 rings (SSSR count). The van der Waals surface area contributed by atoms with Crippen molar-refractivity contribution < 1.29 is 9.59 Å². The number of hydrogen-bond acceptors (Lipinski definition) is 5. The van der Waals surface area contributed by atoms with Crippen LogP contribution in [0.2, 0.25) is 0 Å². The number of hydrogen-bond donors (Lipinski definition) is 2. The minimum absolute atomic E-state index is 0.00526. The summed E-state index contributed by atoms with van der Waals surface area (Å²) in [6.45, 7) is 5.18. The number of carbonyl (C=O) groups is 2. The van der Waals surface area contributed by atoms with Gasteiger partial charge in [-0.15, -0.1) is 11.3 Å². The van der Waals surface area contributed by atoms with Crippen LogP contribution in [0.1, 0.15) is 35.0 Å². The lowest BCUT2D eigenvalue weighted by Crippen LogP contribution is -2.42. The molecule has 1 aliphatic carbocycles. The molecule has 9 heteroatoms. The number of likely N-dealkylation sites (tertiary alicyclic amines) is 1. The van der Waals surface area contributed by atoms with Crippen LogP contribution in [0.15, 0.2) is 73.6 Å². The first-order valence-corrected chi connectivity index (χ1v) is 13.6. The number of rotatable bonds is 5. The summed E-state index contributed by atoms with van der Waals surface area (Å²) in [5, 5.41) is 4.13. The summed E-state index contributed by atoms with van der Waals surface area (Å²) in [7, 11) is 0. The van der Waals surface area contributed by atoms with E-state index in [1.807, 2.05) is 53.6 Å². The van der Waals surface area contributed by atoms with E-state index in [1.54, 1.807) is 6.20 Å². The molecule has 1 saturated heterocycles. The Hall–Kier alpha value is -4.24. The lowest BCUT2D eigenvalue weighted by Gasteiger charge is -2.46. The van der Waals surface area contributed by atoms with Crippen molar-refractivity contribution in [1.29, 1.82) is 0 Å². The van der Waals surface area contributed by atoms with Gasteiger partial charge in [0.05, 0.1) is 15.9 Å². The zero-order chi connectivity index (χ0) is 25.9. The molecule has 1 aromatic carbocycles. The van der Waals surface area contributed by atoms with Crippen molar-refractivity contribution in [3.05, 3.63) is 78.5 Å². The number of thiophene rings is 1. The molecule has 8 nitrogen and oxygen atoms in total. The molecular weight excluding hydrogens is 496 g/mol. The van der Waals surface area contributed by atoms with Crippen LogP contribution in [0.25, 0.3) is 32.5 Å². The number of benzene rings is 1. The zero-order valence-corrected chi connectivity index (χ0v) is 21.5. The summed E-state index contributed by atoms with van der Waals surface area (Å²) in [6.07, 6.45) is 7.96. The number of imidazole rings is 1. The number of amides is 2. The van der Waals surface area contributed by atoms with E-state index in [0.717, 1.165) is 64.9 Å². The maximum atomic E-state index is 13.4. The minimum Gasteiger partial charge on any atom is -0.346 e. The topological polar surface area (TPSA) is 95.9 Å². The maximum absolute atomic E-state index is 13.4. The average Bonchev–Trinajstić information content (AvgIpc) is 3.71. The summed E-state index contributed by atoms with van der Waals surface area (Å²) < 4.78 is 2.18. The van der Waals surface area contributed by atoms with Gasteiger partial charge in [0, 0.05) is 47.4 Å². The molecule has 5 aromatic rings. The van der Waals surface area contributed by atoms with E-state index in [4.69, 9.17) is 4.98 Å². The molecule has 190 valence electrons. The second-order valence-corrected chi connectivity index (χ2v) is 11.4. The van der Waals surface area contributed by atoms with Crippen molar-refractivity contribution in [3.63, 3.8) is 0 Å². The third-order valence-corrected chi connectivity index (χ3v) is 9.12. The predicted octanol–water partition coefficient (Wildman–Crippen LogP) is 5.63. The molecule has 5 heterocycles. The highest BCUT2D eigenvalue weighted by Crippen LogP contribution is 2.55. The van der Waals surface area contributed by atoms with Gasteiger partial charge in [-0.1, -0.05) is 18.7 Å². The molecular formula is C29H26N6O2S. The van der Waals surface area contributed by atoms with Crippen LogP contribution in [0, 0.1) is 5.41 Å². The summed E-state index contributed by atoms with van der Waals surface area (Å²) in [5.74, 6) is 0.403. The van der Waals surface area contributed by atoms with Crippen LogP contribution in [0.5, 0.6) is 0 Å². The van der Waals surface area contributed by atoms with Gasteiger partial charge in [-0.3, -0.25) is 14.9 Å². The van der Waals surface area contributed by atoms with E-state index >= 15 is 0 Å². The quantitative estimate of drug-likeness (QED) is 0.292. The number of aromatic nitrogens is 4. The molecule has 1 saturated carbocycles. The van der Waals surface area contributed by atoms with Crippen molar-refractivity contribution in [3.8, 4) is 10.4 Å². The molecule has 1 spiro atoms. The van der Waals surface area contributed by atoms with E-state index in [2.05, 4.69) is 32.5 Å². The second-order valence-electron chi connectivity index (χ2n) is 10.3. The fourth-order valence-corrected chi connectivity index (χ4v) is 7.09. The van der Waals surface area contributed by atoms with E-state index in [0.29, 0.717) is 10.8 Å². The number of nitrogens with one attached hydrogen (secondary N) is 2. The molecule has 38 heavy (non-hydrogen) atoms. The monoisotopic (exact) mass is 522 g/mol. The van der Waals surface area contributed by atoms with Crippen molar-refractivity contribution in [1.82, 2.24) is 24.4 Å². The molecule has 4 aromatic heterocycles. The van der Waals surface area contributed by atoms with Crippen LogP contribution < -0.4 is 5.32 Å². The van der Waals surface area contributed by atoms with Gasteiger partial charge in [0.1, 0.15) is 5.65 Å².